The van der Waals surface area contributed by atoms with Gasteiger partial charge in [-0.25, -0.2) is 17.6 Å². The second-order valence-electron chi connectivity index (χ2n) is 4.81. The van der Waals surface area contributed by atoms with Gasteiger partial charge in [0.1, 0.15) is 5.82 Å². The number of carbonyl (C=O) groups is 1. The van der Waals surface area contributed by atoms with E-state index in [1.165, 1.54) is 31.3 Å². The number of hydrogen-bond acceptors (Lipinski definition) is 4. The minimum atomic E-state index is -3.95. The summed E-state index contributed by atoms with van der Waals surface area (Å²) in [6.45, 7) is 1.77. The number of esters is 1. The maximum Gasteiger partial charge on any atom is 0.339 e. The van der Waals surface area contributed by atoms with E-state index in [1.807, 2.05) is 0 Å². The third kappa shape index (κ3) is 3.68. The summed E-state index contributed by atoms with van der Waals surface area (Å²) in [5, 5.41) is 0.0943. The van der Waals surface area contributed by atoms with Crippen LogP contribution in [0.25, 0.3) is 0 Å². The lowest BCUT2D eigenvalue weighted by molar-refractivity contribution is 0.0526. The number of rotatable bonds is 5. The lowest BCUT2D eigenvalue weighted by Gasteiger charge is -2.20. The molecule has 0 N–H and O–H groups in total. The van der Waals surface area contributed by atoms with Gasteiger partial charge in [-0.1, -0.05) is 11.6 Å². The number of hydrogen-bond donors (Lipinski definition) is 0. The van der Waals surface area contributed by atoms with Crippen LogP contribution in [0, 0.1) is 5.82 Å². The van der Waals surface area contributed by atoms with Gasteiger partial charge in [0.25, 0.3) is 10.0 Å². The SMILES string of the molecule is CCOC(=O)c1cc(S(=O)(=O)N(C)c2ccc(F)cc2)ccc1Cl. The van der Waals surface area contributed by atoms with E-state index >= 15 is 0 Å². The molecule has 0 aromatic heterocycles. The maximum atomic E-state index is 13.0. The Morgan fingerprint density at radius 1 is 1.21 bits per heavy atom. The van der Waals surface area contributed by atoms with Crippen molar-refractivity contribution in [2.45, 2.75) is 11.8 Å². The fourth-order valence-corrected chi connectivity index (χ4v) is 3.39. The van der Waals surface area contributed by atoms with Crippen molar-refractivity contribution in [3.8, 4) is 0 Å². The van der Waals surface area contributed by atoms with Crippen molar-refractivity contribution < 1.29 is 22.3 Å². The zero-order chi connectivity index (χ0) is 17.9. The van der Waals surface area contributed by atoms with Gasteiger partial charge in [0.2, 0.25) is 0 Å². The molecule has 0 heterocycles. The van der Waals surface area contributed by atoms with Gasteiger partial charge in [-0.2, -0.15) is 0 Å². The van der Waals surface area contributed by atoms with Gasteiger partial charge >= 0.3 is 5.97 Å². The van der Waals surface area contributed by atoms with Crippen LogP contribution in [0.5, 0.6) is 0 Å². The fourth-order valence-electron chi connectivity index (χ4n) is 1.98. The van der Waals surface area contributed by atoms with Crippen LogP contribution in [0.4, 0.5) is 10.1 Å². The molecule has 0 aliphatic heterocycles. The van der Waals surface area contributed by atoms with Gasteiger partial charge in [-0.05, 0) is 49.4 Å². The van der Waals surface area contributed by atoms with E-state index in [1.54, 1.807) is 6.92 Å². The van der Waals surface area contributed by atoms with Gasteiger partial charge in [-0.15, -0.1) is 0 Å². The molecule has 0 saturated carbocycles. The van der Waals surface area contributed by atoms with Crippen LogP contribution in [0.15, 0.2) is 47.4 Å². The third-order valence-electron chi connectivity index (χ3n) is 3.28. The number of halogens is 2. The summed E-state index contributed by atoms with van der Waals surface area (Å²) in [5.41, 5.74) is 0.246. The van der Waals surface area contributed by atoms with Crippen LogP contribution < -0.4 is 4.31 Å². The molecule has 0 radical (unpaired) electrons. The summed E-state index contributed by atoms with van der Waals surface area (Å²) in [5.74, 6) is -1.18. The van der Waals surface area contributed by atoms with Crippen LogP contribution in [0.1, 0.15) is 17.3 Å². The number of sulfonamides is 1. The second-order valence-corrected chi connectivity index (χ2v) is 7.19. The van der Waals surface area contributed by atoms with E-state index in [-0.39, 0.29) is 27.8 Å². The molecular formula is C16H15ClFNO4S. The Kier molecular flexibility index (Phi) is 5.46. The quantitative estimate of drug-likeness (QED) is 0.755. The predicted molar refractivity (Wildman–Crippen MR) is 89.4 cm³/mol. The van der Waals surface area contributed by atoms with Gasteiger partial charge in [0, 0.05) is 7.05 Å². The van der Waals surface area contributed by atoms with Crippen LogP contribution in [-0.4, -0.2) is 28.0 Å². The van der Waals surface area contributed by atoms with Gasteiger partial charge in [0.05, 0.1) is 27.8 Å². The molecule has 0 aliphatic carbocycles. The lowest BCUT2D eigenvalue weighted by atomic mass is 10.2. The third-order valence-corrected chi connectivity index (χ3v) is 5.39. The van der Waals surface area contributed by atoms with Gasteiger partial charge in [-0.3, -0.25) is 4.31 Å². The molecule has 128 valence electrons. The van der Waals surface area contributed by atoms with Crippen LogP contribution in [0.2, 0.25) is 5.02 Å². The molecule has 8 heteroatoms. The van der Waals surface area contributed by atoms with E-state index in [4.69, 9.17) is 16.3 Å². The molecule has 2 aromatic rings. The molecule has 0 bridgehead atoms. The smallest absolute Gasteiger partial charge is 0.339 e. The Bertz CT molecular complexity index is 853. The van der Waals surface area contributed by atoms with E-state index in [9.17, 15) is 17.6 Å². The summed E-state index contributed by atoms with van der Waals surface area (Å²) in [7, 11) is -2.61. The van der Waals surface area contributed by atoms with Crippen molar-refractivity contribution in [1.29, 1.82) is 0 Å². The molecule has 0 atom stereocenters. The van der Waals surface area contributed by atoms with Crippen molar-refractivity contribution in [2.75, 3.05) is 18.0 Å². The highest BCUT2D eigenvalue weighted by Crippen LogP contribution is 2.26. The van der Waals surface area contributed by atoms with Crippen LogP contribution >= 0.6 is 11.6 Å². The molecule has 0 unspecified atom stereocenters. The Balaban J connectivity index is 2.44. The number of ether oxygens (including phenoxy) is 1. The van der Waals surface area contributed by atoms with Gasteiger partial charge < -0.3 is 4.74 Å². The predicted octanol–water partition coefficient (Wildman–Crippen LogP) is 3.48. The minimum Gasteiger partial charge on any atom is -0.462 e. The Morgan fingerprint density at radius 2 is 1.83 bits per heavy atom. The van der Waals surface area contributed by atoms with E-state index in [0.717, 1.165) is 22.5 Å². The molecule has 0 spiro atoms. The van der Waals surface area contributed by atoms with Crippen molar-refractivity contribution >= 4 is 33.3 Å². The fraction of sp³-hybridized carbons (Fsp3) is 0.188. The standard InChI is InChI=1S/C16H15ClFNO4S/c1-3-23-16(20)14-10-13(8-9-15(14)17)24(21,22)19(2)12-6-4-11(18)5-7-12/h4-10H,3H2,1-2H3. The molecule has 0 saturated heterocycles. The summed E-state index contributed by atoms with van der Waals surface area (Å²) < 4.78 is 44.2. The normalized spacial score (nSPS) is 11.2. The first-order valence-corrected chi connectivity index (χ1v) is 8.80. The molecule has 0 fully saturated rings. The van der Waals surface area contributed by atoms with Crippen molar-refractivity contribution in [3.63, 3.8) is 0 Å². The van der Waals surface area contributed by atoms with Crippen molar-refractivity contribution in [1.82, 2.24) is 0 Å². The number of benzene rings is 2. The average Bonchev–Trinajstić information content (AvgIpc) is 2.55. The monoisotopic (exact) mass is 371 g/mol. The number of anilines is 1. The Morgan fingerprint density at radius 3 is 2.42 bits per heavy atom. The van der Waals surface area contributed by atoms with Crippen molar-refractivity contribution in [3.05, 3.63) is 58.9 Å². The first-order valence-electron chi connectivity index (χ1n) is 6.98. The molecule has 0 amide bonds. The van der Waals surface area contributed by atoms with Crippen LogP contribution in [-0.2, 0) is 14.8 Å². The molecule has 0 aliphatic rings. The summed E-state index contributed by atoms with van der Waals surface area (Å²) >= 11 is 5.94. The first kappa shape index (κ1) is 18.2. The van der Waals surface area contributed by atoms with Crippen molar-refractivity contribution in [2.24, 2.45) is 0 Å². The summed E-state index contributed by atoms with van der Waals surface area (Å²) in [6.07, 6.45) is 0. The van der Waals surface area contributed by atoms with E-state index in [2.05, 4.69) is 0 Å². The zero-order valence-electron chi connectivity index (χ0n) is 13.0. The molecular weight excluding hydrogens is 357 g/mol. The molecule has 24 heavy (non-hydrogen) atoms. The van der Waals surface area contributed by atoms with E-state index < -0.39 is 21.8 Å². The molecule has 5 nitrogen and oxygen atoms in total. The average molecular weight is 372 g/mol. The number of carbonyl (C=O) groups excluding carboxylic acids is 1. The largest absolute Gasteiger partial charge is 0.462 e. The zero-order valence-corrected chi connectivity index (χ0v) is 14.6. The molecule has 2 aromatic carbocycles. The summed E-state index contributed by atoms with van der Waals surface area (Å²) in [4.78, 5) is 11.7. The molecule has 2 rings (SSSR count). The van der Waals surface area contributed by atoms with Crippen LogP contribution in [0.3, 0.4) is 0 Å². The highest BCUT2D eigenvalue weighted by molar-refractivity contribution is 7.92. The second kappa shape index (κ2) is 7.19. The number of nitrogens with zero attached hydrogens (tertiary/aromatic N) is 1. The highest BCUT2D eigenvalue weighted by atomic mass is 35.5. The topological polar surface area (TPSA) is 63.7 Å². The Labute approximate surface area is 144 Å². The summed E-state index contributed by atoms with van der Waals surface area (Å²) in [6, 6.07) is 8.78. The van der Waals surface area contributed by atoms with E-state index in [0.29, 0.717) is 0 Å². The highest BCUT2D eigenvalue weighted by Gasteiger charge is 2.24. The van der Waals surface area contributed by atoms with Gasteiger partial charge in [0.15, 0.2) is 0 Å². The minimum absolute atomic E-state index is 0.0351. The Hall–Kier alpha value is -2.12. The first-order chi connectivity index (χ1) is 11.3. The maximum absolute atomic E-state index is 13.0. The lowest BCUT2D eigenvalue weighted by Crippen LogP contribution is -2.26.